The molecule has 0 spiro atoms. The van der Waals surface area contributed by atoms with E-state index in [0.717, 1.165) is 16.7 Å². The van der Waals surface area contributed by atoms with Crippen LogP contribution in [0.15, 0.2) is 54.6 Å². The summed E-state index contributed by atoms with van der Waals surface area (Å²) in [5, 5.41) is 0.171. The molecular formula is C19H15ClN4O2. The Morgan fingerprint density at radius 1 is 0.923 bits per heavy atom. The second-order valence-corrected chi connectivity index (χ2v) is 5.97. The van der Waals surface area contributed by atoms with E-state index in [1.54, 1.807) is 13.2 Å². The van der Waals surface area contributed by atoms with Crippen molar-refractivity contribution in [3.05, 3.63) is 65.6 Å². The lowest BCUT2D eigenvalue weighted by atomic mass is 10.3. The zero-order chi connectivity index (χ0) is 18.1. The summed E-state index contributed by atoms with van der Waals surface area (Å²) in [5.41, 5.74) is 2.41. The SMILES string of the molecule is COc1cccc(Oc2nc3ccccc3n2-c2cc(C)nc(Cl)n2)c1. The molecule has 7 heteroatoms. The molecule has 0 fully saturated rings. The number of rotatable bonds is 4. The Labute approximate surface area is 155 Å². The minimum Gasteiger partial charge on any atom is -0.497 e. The molecule has 0 aliphatic heterocycles. The minimum atomic E-state index is 0.171. The number of hydrogen-bond donors (Lipinski definition) is 0. The summed E-state index contributed by atoms with van der Waals surface area (Å²) in [5.74, 6) is 1.90. The Morgan fingerprint density at radius 3 is 2.54 bits per heavy atom. The fourth-order valence-electron chi connectivity index (χ4n) is 2.69. The molecule has 2 aromatic heterocycles. The van der Waals surface area contributed by atoms with Gasteiger partial charge in [0.2, 0.25) is 5.28 Å². The predicted molar refractivity (Wildman–Crippen MR) is 99.5 cm³/mol. The van der Waals surface area contributed by atoms with Crippen LogP contribution in [0.25, 0.3) is 16.9 Å². The molecule has 6 nitrogen and oxygen atoms in total. The first-order valence-corrected chi connectivity index (χ1v) is 8.33. The first kappa shape index (κ1) is 16.4. The fourth-order valence-corrected chi connectivity index (χ4v) is 2.91. The van der Waals surface area contributed by atoms with Gasteiger partial charge in [0, 0.05) is 17.8 Å². The summed E-state index contributed by atoms with van der Waals surface area (Å²) in [6.45, 7) is 1.86. The second-order valence-electron chi connectivity index (χ2n) is 5.64. The fraction of sp³-hybridized carbons (Fsp3) is 0.105. The number of aromatic nitrogens is 4. The first-order valence-electron chi connectivity index (χ1n) is 7.95. The van der Waals surface area contributed by atoms with Crippen LogP contribution in [0.2, 0.25) is 5.28 Å². The molecule has 0 saturated carbocycles. The molecule has 0 aliphatic carbocycles. The van der Waals surface area contributed by atoms with Crippen molar-refractivity contribution in [1.82, 2.24) is 19.5 Å². The minimum absolute atomic E-state index is 0.171. The van der Waals surface area contributed by atoms with Crippen LogP contribution in [0, 0.1) is 6.92 Å². The third-order valence-corrected chi connectivity index (χ3v) is 3.99. The maximum absolute atomic E-state index is 6.06. The van der Waals surface area contributed by atoms with E-state index in [1.165, 1.54) is 0 Å². The van der Waals surface area contributed by atoms with Gasteiger partial charge in [-0.25, -0.2) is 9.55 Å². The van der Waals surface area contributed by atoms with E-state index < -0.39 is 0 Å². The standard InChI is InChI=1S/C19H15ClN4O2/c1-12-10-17(23-18(20)21-12)24-16-9-4-3-8-15(16)22-19(24)26-14-7-5-6-13(11-14)25-2/h3-11H,1-2H3. The molecule has 2 heterocycles. The largest absolute Gasteiger partial charge is 0.497 e. The van der Waals surface area contributed by atoms with Gasteiger partial charge in [-0.1, -0.05) is 18.2 Å². The Balaban J connectivity index is 1.88. The molecular weight excluding hydrogens is 352 g/mol. The monoisotopic (exact) mass is 366 g/mol. The molecule has 0 atom stereocenters. The van der Waals surface area contributed by atoms with E-state index in [9.17, 15) is 0 Å². The first-order chi connectivity index (χ1) is 12.6. The van der Waals surface area contributed by atoms with E-state index in [1.807, 2.05) is 60.0 Å². The third kappa shape index (κ3) is 3.07. The van der Waals surface area contributed by atoms with Gasteiger partial charge in [-0.3, -0.25) is 0 Å². The van der Waals surface area contributed by atoms with Gasteiger partial charge in [0.15, 0.2) is 0 Å². The molecule has 0 saturated heterocycles. The van der Waals surface area contributed by atoms with Crippen molar-refractivity contribution in [2.75, 3.05) is 7.11 Å². The molecule has 0 amide bonds. The summed E-state index contributed by atoms with van der Waals surface area (Å²) < 4.78 is 13.1. The Hall–Kier alpha value is -3.12. The van der Waals surface area contributed by atoms with Crippen LogP contribution in [-0.4, -0.2) is 26.6 Å². The lowest BCUT2D eigenvalue weighted by molar-refractivity contribution is 0.403. The number of imidazole rings is 1. The van der Waals surface area contributed by atoms with E-state index in [4.69, 9.17) is 21.1 Å². The molecule has 4 aromatic rings. The van der Waals surface area contributed by atoms with E-state index in [0.29, 0.717) is 23.3 Å². The smallest absolute Gasteiger partial charge is 0.308 e. The maximum Gasteiger partial charge on any atom is 0.308 e. The van der Waals surface area contributed by atoms with Gasteiger partial charge in [0.1, 0.15) is 17.3 Å². The van der Waals surface area contributed by atoms with Crippen molar-refractivity contribution in [3.63, 3.8) is 0 Å². The second kappa shape index (κ2) is 6.65. The van der Waals surface area contributed by atoms with Crippen LogP contribution in [0.4, 0.5) is 0 Å². The number of ether oxygens (including phenoxy) is 2. The van der Waals surface area contributed by atoms with Crippen LogP contribution >= 0.6 is 11.6 Å². The average Bonchev–Trinajstić information content (AvgIpc) is 2.98. The molecule has 4 rings (SSSR count). The van der Waals surface area contributed by atoms with Crippen molar-refractivity contribution in [2.24, 2.45) is 0 Å². The number of benzene rings is 2. The quantitative estimate of drug-likeness (QED) is 0.495. The average molecular weight is 367 g/mol. The van der Waals surface area contributed by atoms with Gasteiger partial charge in [-0.05, 0) is 42.8 Å². The molecule has 0 radical (unpaired) electrons. The van der Waals surface area contributed by atoms with Gasteiger partial charge in [0.05, 0.1) is 18.1 Å². The number of methoxy groups -OCH3 is 1. The maximum atomic E-state index is 6.06. The zero-order valence-corrected chi connectivity index (χ0v) is 14.9. The van der Waals surface area contributed by atoms with Gasteiger partial charge in [0.25, 0.3) is 0 Å². The highest BCUT2D eigenvalue weighted by Gasteiger charge is 2.16. The normalized spacial score (nSPS) is 10.9. The molecule has 0 aliphatic rings. The van der Waals surface area contributed by atoms with Crippen LogP contribution in [0.5, 0.6) is 17.5 Å². The van der Waals surface area contributed by atoms with Gasteiger partial charge >= 0.3 is 6.01 Å². The molecule has 26 heavy (non-hydrogen) atoms. The van der Waals surface area contributed by atoms with Crippen molar-refractivity contribution in [3.8, 4) is 23.3 Å². The highest BCUT2D eigenvalue weighted by molar-refractivity contribution is 6.28. The highest BCUT2D eigenvalue weighted by atomic mass is 35.5. The van der Waals surface area contributed by atoms with Gasteiger partial charge < -0.3 is 9.47 Å². The topological polar surface area (TPSA) is 62.1 Å². The Kier molecular flexibility index (Phi) is 4.18. The highest BCUT2D eigenvalue weighted by Crippen LogP contribution is 2.30. The van der Waals surface area contributed by atoms with Crippen LogP contribution in [0.1, 0.15) is 5.69 Å². The molecule has 0 unspecified atom stereocenters. The molecule has 130 valence electrons. The number of aryl methyl sites for hydroxylation is 1. The number of fused-ring (bicyclic) bond motifs is 1. The molecule has 0 bridgehead atoms. The summed E-state index contributed by atoms with van der Waals surface area (Å²) in [6.07, 6.45) is 0. The Bertz CT molecular complexity index is 1070. The van der Waals surface area contributed by atoms with E-state index in [2.05, 4.69) is 15.0 Å². The lowest BCUT2D eigenvalue weighted by Crippen LogP contribution is -2.03. The third-order valence-electron chi connectivity index (χ3n) is 3.82. The van der Waals surface area contributed by atoms with Crippen molar-refractivity contribution >= 4 is 22.6 Å². The number of para-hydroxylation sites is 2. The number of nitrogens with zero attached hydrogens (tertiary/aromatic N) is 4. The summed E-state index contributed by atoms with van der Waals surface area (Å²) in [6, 6.07) is 17.3. The molecule has 0 N–H and O–H groups in total. The van der Waals surface area contributed by atoms with E-state index >= 15 is 0 Å². The molecule has 2 aromatic carbocycles. The van der Waals surface area contributed by atoms with Gasteiger partial charge in [-0.15, -0.1) is 0 Å². The van der Waals surface area contributed by atoms with Crippen LogP contribution in [-0.2, 0) is 0 Å². The zero-order valence-electron chi connectivity index (χ0n) is 14.2. The number of halogens is 1. The number of hydrogen-bond acceptors (Lipinski definition) is 5. The summed E-state index contributed by atoms with van der Waals surface area (Å²) in [4.78, 5) is 13.1. The summed E-state index contributed by atoms with van der Waals surface area (Å²) >= 11 is 6.06. The van der Waals surface area contributed by atoms with Crippen molar-refractivity contribution < 1.29 is 9.47 Å². The van der Waals surface area contributed by atoms with Crippen LogP contribution in [0.3, 0.4) is 0 Å². The summed E-state index contributed by atoms with van der Waals surface area (Å²) in [7, 11) is 1.61. The van der Waals surface area contributed by atoms with Crippen molar-refractivity contribution in [2.45, 2.75) is 6.92 Å². The van der Waals surface area contributed by atoms with Crippen molar-refractivity contribution in [1.29, 1.82) is 0 Å². The predicted octanol–water partition coefficient (Wildman–Crippen LogP) is 4.58. The lowest BCUT2D eigenvalue weighted by Gasteiger charge is -2.10. The van der Waals surface area contributed by atoms with Gasteiger partial charge in [-0.2, -0.15) is 9.97 Å². The van der Waals surface area contributed by atoms with Crippen LogP contribution < -0.4 is 9.47 Å². The van der Waals surface area contributed by atoms with E-state index in [-0.39, 0.29) is 5.28 Å². The Morgan fingerprint density at radius 2 is 1.73 bits per heavy atom.